The van der Waals surface area contributed by atoms with E-state index < -0.39 is 0 Å². The van der Waals surface area contributed by atoms with Gasteiger partial charge in [-0.3, -0.25) is 5.01 Å². The molecule has 0 N–H and O–H groups in total. The predicted molar refractivity (Wildman–Crippen MR) is 46.2 cm³/mol. The van der Waals surface area contributed by atoms with Crippen LogP contribution in [-0.2, 0) is 0 Å². The van der Waals surface area contributed by atoms with Crippen LogP contribution in [0.5, 0.6) is 0 Å². The Labute approximate surface area is 63.2 Å². The monoisotopic (exact) mass is 140 g/mol. The van der Waals surface area contributed by atoms with Crippen molar-refractivity contribution in [2.75, 3.05) is 13.6 Å². The van der Waals surface area contributed by atoms with E-state index in [-0.39, 0.29) is 0 Å². The van der Waals surface area contributed by atoms with Crippen LogP contribution in [0.4, 0.5) is 0 Å². The summed E-state index contributed by atoms with van der Waals surface area (Å²) in [5.41, 5.74) is 1.16. The van der Waals surface area contributed by atoms with Crippen molar-refractivity contribution in [3.05, 3.63) is 12.7 Å². The lowest BCUT2D eigenvalue weighted by Crippen LogP contribution is -2.12. The number of nitrogens with zero attached hydrogens (tertiary/aromatic N) is 2. The zero-order valence-corrected chi connectivity index (χ0v) is 7.09. The maximum atomic E-state index is 4.26. The highest BCUT2D eigenvalue weighted by Gasteiger charge is 1.88. The number of hydrogen-bond acceptors (Lipinski definition) is 2. The average Bonchev–Trinajstić information content (AvgIpc) is 1.88. The number of likely N-dealkylation sites (N-methyl/N-ethyl adjacent to an activating group) is 1. The largest absolute Gasteiger partial charge is 0.296 e. The summed E-state index contributed by atoms with van der Waals surface area (Å²) < 4.78 is 0. The highest BCUT2D eigenvalue weighted by atomic mass is 15.4. The lowest BCUT2D eigenvalue weighted by Gasteiger charge is -2.10. The third-order valence-corrected chi connectivity index (χ3v) is 1.25. The van der Waals surface area contributed by atoms with Gasteiger partial charge < -0.3 is 0 Å². The molecule has 0 aromatic heterocycles. The van der Waals surface area contributed by atoms with Crippen molar-refractivity contribution in [3.8, 4) is 0 Å². The van der Waals surface area contributed by atoms with Crippen LogP contribution in [0.15, 0.2) is 17.8 Å². The van der Waals surface area contributed by atoms with Gasteiger partial charge in [0.2, 0.25) is 0 Å². The van der Waals surface area contributed by atoms with Gasteiger partial charge in [0.1, 0.15) is 0 Å². The van der Waals surface area contributed by atoms with E-state index in [0.717, 1.165) is 18.7 Å². The fourth-order valence-electron chi connectivity index (χ4n) is 0.590. The van der Waals surface area contributed by atoms with E-state index in [1.54, 1.807) is 0 Å². The first-order valence-electron chi connectivity index (χ1n) is 3.56. The van der Waals surface area contributed by atoms with Crippen LogP contribution >= 0.6 is 0 Å². The normalized spacial score (nSPS) is 11.3. The summed E-state index contributed by atoms with van der Waals surface area (Å²) in [6, 6.07) is 0. The molecule has 0 bridgehead atoms. The molecular weight excluding hydrogens is 124 g/mol. The summed E-state index contributed by atoms with van der Waals surface area (Å²) >= 11 is 0. The van der Waals surface area contributed by atoms with Crippen LogP contribution in [0, 0.1) is 0 Å². The van der Waals surface area contributed by atoms with Crippen molar-refractivity contribution >= 4 is 5.71 Å². The molecule has 58 valence electrons. The molecule has 0 aliphatic carbocycles. The molecule has 10 heavy (non-hydrogen) atoms. The van der Waals surface area contributed by atoms with Crippen molar-refractivity contribution < 1.29 is 0 Å². The molecule has 0 amide bonds. The minimum atomic E-state index is 0.817. The molecule has 0 atom stereocenters. The second-order valence-electron chi connectivity index (χ2n) is 2.32. The van der Waals surface area contributed by atoms with Gasteiger partial charge in [-0.15, -0.1) is 6.58 Å². The molecule has 0 unspecified atom stereocenters. The maximum absolute atomic E-state index is 4.26. The van der Waals surface area contributed by atoms with Crippen molar-refractivity contribution in [1.29, 1.82) is 0 Å². The average molecular weight is 140 g/mol. The zero-order chi connectivity index (χ0) is 7.98. The molecule has 0 saturated heterocycles. The summed E-state index contributed by atoms with van der Waals surface area (Å²) in [5, 5.41) is 6.14. The molecule has 0 radical (unpaired) electrons. The molecule has 0 fully saturated rings. The van der Waals surface area contributed by atoms with E-state index in [9.17, 15) is 0 Å². The Morgan fingerprint density at radius 1 is 1.70 bits per heavy atom. The Morgan fingerprint density at radius 2 is 2.30 bits per heavy atom. The summed E-state index contributed by atoms with van der Waals surface area (Å²) in [6.45, 7) is 8.56. The highest BCUT2D eigenvalue weighted by molar-refractivity contribution is 5.81. The number of rotatable bonds is 4. The number of hydrazone groups is 1. The Hall–Kier alpha value is -0.790. The second-order valence-corrected chi connectivity index (χ2v) is 2.32. The van der Waals surface area contributed by atoms with E-state index in [2.05, 4.69) is 18.6 Å². The second kappa shape index (κ2) is 5.03. The van der Waals surface area contributed by atoms with Crippen LogP contribution in [0.3, 0.4) is 0 Å². The van der Waals surface area contributed by atoms with Gasteiger partial charge in [0, 0.05) is 12.8 Å². The molecule has 2 heteroatoms. The van der Waals surface area contributed by atoms with Gasteiger partial charge >= 0.3 is 0 Å². The Balaban J connectivity index is 3.73. The van der Waals surface area contributed by atoms with Crippen LogP contribution in [0.1, 0.15) is 20.3 Å². The third kappa shape index (κ3) is 4.13. The SMILES string of the molecule is C=CCN(C)N=C(C)CC. The van der Waals surface area contributed by atoms with Gasteiger partial charge in [-0.05, 0) is 13.3 Å². The molecule has 0 aromatic carbocycles. The Morgan fingerprint density at radius 3 is 2.70 bits per heavy atom. The van der Waals surface area contributed by atoms with Crippen LogP contribution in [0.2, 0.25) is 0 Å². The molecule has 0 aromatic rings. The van der Waals surface area contributed by atoms with Crippen LogP contribution in [0.25, 0.3) is 0 Å². The van der Waals surface area contributed by atoms with E-state index >= 15 is 0 Å². The van der Waals surface area contributed by atoms with Gasteiger partial charge in [0.25, 0.3) is 0 Å². The minimum absolute atomic E-state index is 0.817. The van der Waals surface area contributed by atoms with Gasteiger partial charge in [0.05, 0.1) is 6.54 Å². The summed E-state index contributed by atoms with van der Waals surface area (Å²) in [7, 11) is 1.95. The lowest BCUT2D eigenvalue weighted by molar-refractivity contribution is 0.394. The first-order valence-corrected chi connectivity index (χ1v) is 3.56. The first-order chi connectivity index (χ1) is 4.70. The third-order valence-electron chi connectivity index (χ3n) is 1.25. The molecule has 0 heterocycles. The van der Waals surface area contributed by atoms with Crippen molar-refractivity contribution in [1.82, 2.24) is 5.01 Å². The summed E-state index contributed by atoms with van der Waals surface area (Å²) in [4.78, 5) is 0. The number of hydrogen-bond donors (Lipinski definition) is 0. The van der Waals surface area contributed by atoms with Gasteiger partial charge in [0.15, 0.2) is 0 Å². The molecule has 0 spiro atoms. The van der Waals surface area contributed by atoms with Gasteiger partial charge in [-0.2, -0.15) is 5.10 Å². The Kier molecular flexibility index (Phi) is 4.63. The molecular formula is C8H16N2. The fraction of sp³-hybridized carbons (Fsp3) is 0.625. The lowest BCUT2D eigenvalue weighted by atomic mass is 10.3. The summed E-state index contributed by atoms with van der Waals surface area (Å²) in [6.07, 6.45) is 2.86. The first kappa shape index (κ1) is 9.21. The van der Waals surface area contributed by atoms with E-state index in [1.807, 2.05) is 25.1 Å². The molecule has 0 aliphatic heterocycles. The molecule has 0 aliphatic rings. The quantitative estimate of drug-likeness (QED) is 0.331. The fourth-order valence-corrected chi connectivity index (χ4v) is 0.590. The van der Waals surface area contributed by atoms with Crippen LogP contribution in [-0.4, -0.2) is 24.3 Å². The molecule has 2 nitrogen and oxygen atoms in total. The standard InChI is InChI=1S/C8H16N2/c1-5-7-10(4)9-8(3)6-2/h5H,1,6-7H2,2-4H3. The molecule has 0 saturated carbocycles. The zero-order valence-electron chi connectivity index (χ0n) is 7.09. The minimum Gasteiger partial charge on any atom is -0.296 e. The Bertz CT molecular complexity index is 127. The maximum Gasteiger partial charge on any atom is 0.0535 e. The van der Waals surface area contributed by atoms with E-state index in [0.29, 0.717) is 0 Å². The van der Waals surface area contributed by atoms with Crippen molar-refractivity contribution in [2.45, 2.75) is 20.3 Å². The summed E-state index contributed by atoms with van der Waals surface area (Å²) in [5.74, 6) is 0. The van der Waals surface area contributed by atoms with Gasteiger partial charge in [-0.1, -0.05) is 13.0 Å². The smallest absolute Gasteiger partial charge is 0.0535 e. The van der Waals surface area contributed by atoms with E-state index in [1.165, 1.54) is 0 Å². The highest BCUT2D eigenvalue weighted by Crippen LogP contribution is 1.89. The predicted octanol–water partition coefficient (Wildman–Crippen LogP) is 1.89. The molecule has 0 rings (SSSR count). The topological polar surface area (TPSA) is 15.6 Å². The van der Waals surface area contributed by atoms with Crippen molar-refractivity contribution in [3.63, 3.8) is 0 Å². The van der Waals surface area contributed by atoms with E-state index in [4.69, 9.17) is 0 Å². The van der Waals surface area contributed by atoms with Crippen molar-refractivity contribution in [2.24, 2.45) is 5.10 Å². The van der Waals surface area contributed by atoms with Crippen LogP contribution < -0.4 is 0 Å². The van der Waals surface area contributed by atoms with Gasteiger partial charge in [-0.25, -0.2) is 0 Å².